The number of carbonyl (C=O) groups is 3. The molecule has 11 nitrogen and oxygen atoms in total. The summed E-state index contributed by atoms with van der Waals surface area (Å²) in [5.41, 5.74) is 12.7. The van der Waals surface area contributed by atoms with Crippen molar-refractivity contribution in [2.24, 2.45) is 5.73 Å². The number of nitrogens with zero attached hydrogens (tertiary/aromatic N) is 3. The molecule has 2 aliphatic heterocycles. The number of Topliss-reactive ketones (excluding diaryl/α,β-unsaturated/α-hetero) is 2. The Hall–Kier alpha value is -7.66. The fourth-order valence-electron chi connectivity index (χ4n) is 10.2. The van der Waals surface area contributed by atoms with Crippen molar-refractivity contribution in [2.75, 3.05) is 13.2 Å². The molecule has 6 aromatic carbocycles. The lowest BCUT2D eigenvalue weighted by Gasteiger charge is -2.30. The van der Waals surface area contributed by atoms with Crippen LogP contribution < -0.4 is 15.2 Å². The highest BCUT2D eigenvalue weighted by atomic mass is 19.1. The maximum atomic E-state index is 16.0. The molecule has 0 unspecified atom stereocenters. The minimum absolute atomic E-state index is 0.196. The molecule has 0 bridgehead atoms. The minimum Gasteiger partial charge on any atom is -0.493 e. The smallest absolute Gasteiger partial charge is 0.248 e. The van der Waals surface area contributed by atoms with Gasteiger partial charge in [0.1, 0.15) is 35.3 Å². The zero-order valence-corrected chi connectivity index (χ0v) is 42.6. The molecule has 2 atom stereocenters. The fourth-order valence-corrected chi connectivity index (χ4v) is 10.2. The van der Waals surface area contributed by atoms with Crippen LogP contribution in [0.15, 0.2) is 85.2 Å². The van der Waals surface area contributed by atoms with Crippen LogP contribution >= 0.6 is 0 Å². The maximum Gasteiger partial charge on any atom is 0.248 e. The van der Waals surface area contributed by atoms with E-state index in [1.165, 1.54) is 19.9 Å². The van der Waals surface area contributed by atoms with Gasteiger partial charge in [-0.3, -0.25) is 24.4 Å². The van der Waals surface area contributed by atoms with Crippen molar-refractivity contribution in [3.8, 4) is 33.8 Å². The van der Waals surface area contributed by atoms with Gasteiger partial charge in [-0.05, 0) is 168 Å². The van der Waals surface area contributed by atoms with E-state index in [9.17, 15) is 14.4 Å². The van der Waals surface area contributed by atoms with Crippen molar-refractivity contribution in [3.63, 3.8) is 0 Å². The highest BCUT2D eigenvalue weighted by Crippen LogP contribution is 2.49. The number of nitrogens with two attached hydrogens (primary N) is 1. The molecule has 2 aromatic heterocycles. The summed E-state index contributed by atoms with van der Waals surface area (Å²) in [5.74, 6) is -0.602. The molecule has 13 heteroatoms. The summed E-state index contributed by atoms with van der Waals surface area (Å²) < 4.78 is 56.3. The molecule has 10 rings (SSSR count). The van der Waals surface area contributed by atoms with Gasteiger partial charge in [0.2, 0.25) is 5.91 Å². The molecule has 2 N–H and O–H groups in total. The Kier molecular flexibility index (Phi) is 13.1. The third-order valence-electron chi connectivity index (χ3n) is 13.3. The lowest BCUT2D eigenvalue weighted by Crippen LogP contribution is -2.27. The Morgan fingerprint density at radius 2 is 1.08 bits per heavy atom. The molecule has 4 heterocycles. The van der Waals surface area contributed by atoms with E-state index in [1.54, 1.807) is 56.6 Å². The summed E-state index contributed by atoms with van der Waals surface area (Å²) in [6.45, 7) is 26.0. The van der Waals surface area contributed by atoms with Gasteiger partial charge in [-0.1, -0.05) is 18.2 Å². The number of hydrogen-bond donors (Lipinski definition) is 1. The van der Waals surface area contributed by atoms with E-state index < -0.39 is 41.0 Å². The molecule has 372 valence electrons. The molecule has 2 aliphatic rings. The Morgan fingerprint density at radius 1 is 0.644 bits per heavy atom. The van der Waals surface area contributed by atoms with Crippen molar-refractivity contribution in [1.82, 2.24) is 9.97 Å². The largest absolute Gasteiger partial charge is 0.493 e. The van der Waals surface area contributed by atoms with E-state index in [2.05, 4.69) is 4.85 Å². The van der Waals surface area contributed by atoms with Crippen LogP contribution in [0.1, 0.15) is 111 Å². The molecule has 0 radical (unpaired) electrons. The van der Waals surface area contributed by atoms with Crippen molar-refractivity contribution >= 4 is 66.5 Å². The summed E-state index contributed by atoms with van der Waals surface area (Å²) >= 11 is 0. The van der Waals surface area contributed by atoms with Gasteiger partial charge >= 0.3 is 0 Å². The maximum absolute atomic E-state index is 16.0. The molecule has 0 fully saturated rings. The second-order valence-corrected chi connectivity index (χ2v) is 20.7. The molecule has 8 aromatic rings. The third-order valence-corrected chi connectivity index (χ3v) is 13.3. The number of hydrogen-bond acceptors (Lipinski definition) is 9. The van der Waals surface area contributed by atoms with Crippen LogP contribution in [0.2, 0.25) is 0 Å². The normalized spacial score (nSPS) is 14.0. The molecule has 73 heavy (non-hydrogen) atoms. The van der Waals surface area contributed by atoms with Crippen LogP contribution in [0.4, 0.5) is 14.5 Å². The molecular weight excluding hydrogens is 927 g/mol. The number of amides is 1. The van der Waals surface area contributed by atoms with Crippen molar-refractivity contribution < 1.29 is 42.1 Å². The monoisotopic (exact) mass is 982 g/mol. The first-order chi connectivity index (χ1) is 34.6. The van der Waals surface area contributed by atoms with Crippen molar-refractivity contribution in [2.45, 2.75) is 105 Å². The number of primary amides is 1. The standard InChI is InChI=1S/C30H29FN2O4.C30H27FN2O3/c1-15-23(28(16(2)34)37-30(3,4)5)25(19-7-6-18(29(32)35)14-21(19)26(15)31)20-8-9-22-24-17(11-13-36-22)10-12-33-27(20)24;1-16-24(29(17(2)34)36-30(3,4)5)26(20-8-7-19(32-6)15-22(20)27(16)31)21-9-10-23-25-18(12-14-35-23)11-13-33-28(21)25/h6-10,12,14,28H,11,13H2,1-5H3,(H2,32,35);7-11,13,15,29H,12,14H2,1-5H3/t28-;29-/m11/s1. The number of rotatable bonds is 9. The number of ether oxygens (including phenoxy) is 4. The minimum atomic E-state index is -1.02. The average molecular weight is 983 g/mol. The number of aromatic nitrogens is 2. The average Bonchev–Trinajstić information content (AvgIpc) is 3.35. The van der Waals surface area contributed by atoms with Crippen molar-refractivity contribution in [1.29, 1.82) is 0 Å². The van der Waals surface area contributed by atoms with Crippen LogP contribution in [-0.4, -0.2) is 51.9 Å². The van der Waals surface area contributed by atoms with Gasteiger partial charge in [0.15, 0.2) is 17.3 Å². The highest BCUT2D eigenvalue weighted by Gasteiger charge is 2.35. The Morgan fingerprint density at radius 3 is 1.49 bits per heavy atom. The summed E-state index contributed by atoms with van der Waals surface area (Å²) in [4.78, 5) is 50.9. The van der Waals surface area contributed by atoms with Gasteiger partial charge in [-0.2, -0.15) is 0 Å². The number of carbonyl (C=O) groups excluding carboxylic acids is 3. The van der Waals surface area contributed by atoms with E-state index in [0.29, 0.717) is 68.4 Å². The van der Waals surface area contributed by atoms with E-state index in [-0.39, 0.29) is 28.1 Å². The number of benzene rings is 6. The second kappa shape index (κ2) is 19.1. The Labute approximate surface area is 422 Å². The Balaban J connectivity index is 0.000000180. The predicted molar refractivity (Wildman–Crippen MR) is 280 cm³/mol. The lowest BCUT2D eigenvalue weighted by atomic mass is 9.84. The summed E-state index contributed by atoms with van der Waals surface area (Å²) in [6, 6.07) is 21.3. The van der Waals surface area contributed by atoms with Gasteiger partial charge in [0.05, 0.1) is 42.0 Å². The second-order valence-electron chi connectivity index (χ2n) is 20.7. The van der Waals surface area contributed by atoms with Crippen LogP contribution in [0.5, 0.6) is 11.5 Å². The van der Waals surface area contributed by atoms with Gasteiger partial charge in [-0.15, -0.1) is 0 Å². The number of ketones is 2. The number of fused-ring (bicyclic) bond motifs is 2. The SMILES string of the molecule is CC(=O)[C@@H](OC(C)(C)C)c1c(C)c(F)c2cc(C(N)=O)ccc2c1-c1ccc2c3c(ccnc13)CCO2.[C-]#[N+]c1ccc2c(-c3ccc4c5c(ccnc35)CCO4)c([C@H](OC(C)(C)C)C(C)=O)c(C)c(F)c2c1. The lowest BCUT2D eigenvalue weighted by molar-refractivity contribution is -0.139. The van der Waals surface area contributed by atoms with Crippen LogP contribution in [0.3, 0.4) is 0 Å². The Bertz CT molecular complexity index is 3660. The zero-order chi connectivity index (χ0) is 52.4. The summed E-state index contributed by atoms with van der Waals surface area (Å²) in [7, 11) is 0. The topological polar surface area (TPSA) is 144 Å². The summed E-state index contributed by atoms with van der Waals surface area (Å²) in [5, 5.41) is 3.53. The first kappa shape index (κ1) is 50.3. The van der Waals surface area contributed by atoms with E-state index in [1.807, 2.05) is 77.9 Å². The first-order valence-electron chi connectivity index (χ1n) is 24.2. The summed E-state index contributed by atoms with van der Waals surface area (Å²) in [6.07, 6.45) is 3.04. The van der Waals surface area contributed by atoms with Gasteiger partial charge in [0.25, 0.3) is 0 Å². The molecule has 0 aliphatic carbocycles. The zero-order valence-electron chi connectivity index (χ0n) is 42.6. The third kappa shape index (κ3) is 9.26. The van der Waals surface area contributed by atoms with Gasteiger partial charge in [-0.25, -0.2) is 13.6 Å². The number of pyridine rings is 2. The van der Waals surface area contributed by atoms with Gasteiger partial charge in [0, 0.05) is 74.6 Å². The molecule has 0 saturated carbocycles. The van der Waals surface area contributed by atoms with Crippen LogP contribution in [-0.2, 0) is 31.9 Å². The van der Waals surface area contributed by atoms with E-state index in [4.69, 9.17) is 41.2 Å². The predicted octanol–water partition coefficient (Wildman–Crippen LogP) is 13.4. The van der Waals surface area contributed by atoms with Crippen LogP contribution in [0.25, 0.3) is 70.4 Å². The number of halogens is 2. The quantitative estimate of drug-likeness (QED) is 0.140. The molecular formula is C60H56F2N4O7. The fraction of sp³-hybridized carbons (Fsp3) is 0.300. The first-order valence-corrected chi connectivity index (χ1v) is 24.2. The van der Waals surface area contributed by atoms with Gasteiger partial charge < -0.3 is 24.7 Å². The van der Waals surface area contributed by atoms with Crippen LogP contribution in [0, 0.1) is 32.1 Å². The molecule has 1 amide bonds. The van der Waals surface area contributed by atoms with E-state index in [0.717, 1.165) is 62.9 Å². The highest BCUT2D eigenvalue weighted by molar-refractivity contribution is 6.12. The molecule has 0 spiro atoms. The van der Waals surface area contributed by atoms with Crippen molar-refractivity contribution in [3.05, 3.63) is 147 Å². The molecule has 0 saturated heterocycles. The van der Waals surface area contributed by atoms with E-state index >= 15 is 8.78 Å².